The number of terminal acetylenes is 1. The summed E-state index contributed by atoms with van der Waals surface area (Å²) >= 11 is 0. The number of benzene rings is 1. The van der Waals surface area contributed by atoms with E-state index in [0.29, 0.717) is 0 Å². The summed E-state index contributed by atoms with van der Waals surface area (Å²) in [6, 6.07) is 5.58. The number of amides is 1. The quantitative estimate of drug-likeness (QED) is 0.752. The van der Waals surface area contributed by atoms with Crippen molar-refractivity contribution in [2.45, 2.75) is 6.61 Å². The molecule has 0 saturated carbocycles. The third-order valence-electron chi connectivity index (χ3n) is 1.98. The van der Waals surface area contributed by atoms with E-state index in [9.17, 15) is 13.6 Å². The monoisotopic (exact) mass is 239 g/mol. The van der Waals surface area contributed by atoms with Crippen LogP contribution in [0.3, 0.4) is 0 Å². The van der Waals surface area contributed by atoms with Crippen molar-refractivity contribution in [3.8, 4) is 18.1 Å². The van der Waals surface area contributed by atoms with Gasteiger partial charge in [0.05, 0.1) is 6.54 Å². The first kappa shape index (κ1) is 13.0. The molecule has 0 N–H and O–H groups in total. The number of nitrogens with zero attached hydrogens (tertiary/aromatic N) is 1. The number of halogens is 2. The molecule has 0 atom stereocenters. The van der Waals surface area contributed by atoms with E-state index in [0.717, 1.165) is 0 Å². The summed E-state index contributed by atoms with van der Waals surface area (Å²) < 4.78 is 28.2. The normalized spacial score (nSPS) is 9.82. The summed E-state index contributed by atoms with van der Waals surface area (Å²) in [5.41, 5.74) is 0.251. The fraction of sp³-hybridized carbons (Fsp3) is 0.250. The van der Waals surface area contributed by atoms with E-state index in [1.54, 1.807) is 0 Å². The molecule has 0 aliphatic rings. The highest BCUT2D eigenvalue weighted by atomic mass is 19.3. The third-order valence-corrected chi connectivity index (χ3v) is 1.98. The van der Waals surface area contributed by atoms with Gasteiger partial charge in [-0.1, -0.05) is 12.0 Å². The summed E-state index contributed by atoms with van der Waals surface area (Å²) in [5, 5.41) is 0. The Hall–Kier alpha value is -2.09. The molecule has 0 unspecified atom stereocenters. The molecule has 0 aliphatic heterocycles. The molecule has 3 nitrogen and oxygen atoms in total. The van der Waals surface area contributed by atoms with Gasteiger partial charge < -0.3 is 9.64 Å². The summed E-state index contributed by atoms with van der Waals surface area (Å²) in [6.45, 7) is -2.76. The second kappa shape index (κ2) is 5.85. The molecule has 0 bridgehead atoms. The lowest BCUT2D eigenvalue weighted by Crippen LogP contribution is -2.26. The van der Waals surface area contributed by atoms with Crippen LogP contribution in [0.25, 0.3) is 0 Å². The minimum atomic E-state index is -2.91. The minimum absolute atomic E-state index is 0.0556. The van der Waals surface area contributed by atoms with Gasteiger partial charge in [0, 0.05) is 12.6 Å². The van der Waals surface area contributed by atoms with Gasteiger partial charge in [0.1, 0.15) is 5.75 Å². The van der Waals surface area contributed by atoms with Gasteiger partial charge in [-0.3, -0.25) is 4.79 Å². The lowest BCUT2D eigenvalue weighted by molar-refractivity contribution is -0.0498. The number of hydrogen-bond donors (Lipinski definition) is 0. The zero-order chi connectivity index (χ0) is 12.8. The van der Waals surface area contributed by atoms with E-state index in [4.69, 9.17) is 6.42 Å². The maximum Gasteiger partial charge on any atom is 0.387 e. The summed E-state index contributed by atoms with van der Waals surface area (Å²) in [5.74, 6) is 1.92. The molecule has 1 rings (SSSR count). The Kier molecular flexibility index (Phi) is 4.46. The third kappa shape index (κ3) is 3.76. The highest BCUT2D eigenvalue weighted by Gasteiger charge is 2.12. The molecule has 0 aromatic heterocycles. The van der Waals surface area contributed by atoms with Crippen molar-refractivity contribution in [2.24, 2.45) is 0 Å². The fourth-order valence-electron chi connectivity index (χ4n) is 1.23. The molecule has 0 radical (unpaired) electrons. The van der Waals surface area contributed by atoms with Crippen LogP contribution in [0, 0.1) is 12.3 Å². The van der Waals surface area contributed by atoms with Crippen molar-refractivity contribution in [3.05, 3.63) is 29.8 Å². The Bertz CT molecular complexity index is 440. The molecule has 5 heteroatoms. The number of carbonyl (C=O) groups excluding carboxylic acids is 1. The standard InChI is InChI=1S/C12H11F2NO2/c1-3-7-15(2)11(16)9-5-4-6-10(8-9)17-12(13)14/h1,4-6,8,12H,7H2,2H3. The van der Waals surface area contributed by atoms with Gasteiger partial charge in [-0.15, -0.1) is 6.42 Å². The van der Waals surface area contributed by atoms with Crippen molar-refractivity contribution in [1.82, 2.24) is 4.90 Å². The van der Waals surface area contributed by atoms with Gasteiger partial charge >= 0.3 is 6.61 Å². The number of alkyl halides is 2. The summed E-state index contributed by atoms with van der Waals surface area (Å²) in [4.78, 5) is 13.1. The molecule has 0 aliphatic carbocycles. The fourth-order valence-corrected chi connectivity index (χ4v) is 1.23. The second-order valence-corrected chi connectivity index (χ2v) is 3.27. The van der Waals surface area contributed by atoms with Crippen molar-refractivity contribution in [2.75, 3.05) is 13.6 Å². The average molecular weight is 239 g/mol. The van der Waals surface area contributed by atoms with E-state index >= 15 is 0 Å². The number of carbonyl (C=O) groups is 1. The maximum absolute atomic E-state index is 12.0. The van der Waals surface area contributed by atoms with Crippen LogP contribution in [-0.4, -0.2) is 31.0 Å². The van der Waals surface area contributed by atoms with Crippen molar-refractivity contribution in [3.63, 3.8) is 0 Å². The molecule has 1 aromatic rings. The van der Waals surface area contributed by atoms with Gasteiger partial charge in [-0.25, -0.2) is 0 Å². The number of ether oxygens (including phenoxy) is 1. The van der Waals surface area contributed by atoms with E-state index in [1.807, 2.05) is 0 Å². The molecule has 17 heavy (non-hydrogen) atoms. The molecule has 1 aromatic carbocycles. The Labute approximate surface area is 98.0 Å². The first-order chi connectivity index (χ1) is 8.04. The van der Waals surface area contributed by atoms with Crippen LogP contribution in [0.2, 0.25) is 0 Å². The Morgan fingerprint density at radius 3 is 2.88 bits per heavy atom. The molecule has 0 fully saturated rings. The largest absolute Gasteiger partial charge is 0.435 e. The second-order valence-electron chi connectivity index (χ2n) is 3.27. The van der Waals surface area contributed by atoms with Crippen LogP contribution in [0.15, 0.2) is 24.3 Å². The van der Waals surface area contributed by atoms with Crippen molar-refractivity contribution >= 4 is 5.91 Å². The smallest absolute Gasteiger partial charge is 0.387 e. The number of hydrogen-bond acceptors (Lipinski definition) is 2. The predicted molar refractivity (Wildman–Crippen MR) is 58.9 cm³/mol. The van der Waals surface area contributed by atoms with Crippen LogP contribution >= 0.6 is 0 Å². The highest BCUT2D eigenvalue weighted by Crippen LogP contribution is 2.16. The SMILES string of the molecule is C#CCN(C)C(=O)c1cccc(OC(F)F)c1. The van der Waals surface area contributed by atoms with Crippen LogP contribution in [0.5, 0.6) is 5.75 Å². The van der Waals surface area contributed by atoms with Gasteiger partial charge in [-0.05, 0) is 18.2 Å². The van der Waals surface area contributed by atoms with E-state index in [1.165, 1.54) is 36.2 Å². The van der Waals surface area contributed by atoms with Gasteiger partial charge in [0.25, 0.3) is 5.91 Å². The molecule has 0 spiro atoms. The van der Waals surface area contributed by atoms with Crippen LogP contribution in [0.4, 0.5) is 8.78 Å². The summed E-state index contributed by atoms with van der Waals surface area (Å²) in [7, 11) is 1.53. The van der Waals surface area contributed by atoms with Crippen molar-refractivity contribution in [1.29, 1.82) is 0 Å². The van der Waals surface area contributed by atoms with Crippen molar-refractivity contribution < 1.29 is 18.3 Å². The summed E-state index contributed by atoms with van der Waals surface area (Å²) in [6.07, 6.45) is 5.07. The van der Waals surface area contributed by atoms with Crippen LogP contribution < -0.4 is 4.74 Å². The topological polar surface area (TPSA) is 29.5 Å². The first-order valence-corrected chi connectivity index (χ1v) is 4.78. The van der Waals surface area contributed by atoms with Gasteiger partial charge in [0.15, 0.2) is 0 Å². The van der Waals surface area contributed by atoms with E-state index in [-0.39, 0.29) is 23.8 Å². The molecular formula is C12H11F2NO2. The van der Waals surface area contributed by atoms with Gasteiger partial charge in [-0.2, -0.15) is 8.78 Å². The highest BCUT2D eigenvalue weighted by molar-refractivity contribution is 5.94. The Balaban J connectivity index is 2.84. The molecule has 0 heterocycles. The molecular weight excluding hydrogens is 228 g/mol. The molecule has 90 valence electrons. The lowest BCUT2D eigenvalue weighted by Gasteiger charge is -2.14. The first-order valence-electron chi connectivity index (χ1n) is 4.78. The number of rotatable bonds is 4. The van der Waals surface area contributed by atoms with Crippen LogP contribution in [0.1, 0.15) is 10.4 Å². The molecule has 1 amide bonds. The maximum atomic E-state index is 12.0. The van der Waals surface area contributed by atoms with Crippen LogP contribution in [-0.2, 0) is 0 Å². The Morgan fingerprint density at radius 1 is 1.59 bits per heavy atom. The Morgan fingerprint density at radius 2 is 2.29 bits per heavy atom. The average Bonchev–Trinajstić information content (AvgIpc) is 2.28. The predicted octanol–water partition coefficient (Wildman–Crippen LogP) is 1.99. The van der Waals surface area contributed by atoms with E-state index < -0.39 is 6.61 Å². The zero-order valence-electron chi connectivity index (χ0n) is 9.19. The van der Waals surface area contributed by atoms with E-state index in [2.05, 4.69) is 10.7 Å². The zero-order valence-corrected chi connectivity index (χ0v) is 9.19. The lowest BCUT2D eigenvalue weighted by atomic mass is 10.2. The molecule has 0 saturated heterocycles. The van der Waals surface area contributed by atoms with Gasteiger partial charge in [0.2, 0.25) is 0 Å². The minimum Gasteiger partial charge on any atom is -0.435 e.